The molecule has 0 bridgehead atoms. The zero-order valence-electron chi connectivity index (χ0n) is 8.53. The lowest BCUT2D eigenvalue weighted by Crippen LogP contribution is -2.36. The summed E-state index contributed by atoms with van der Waals surface area (Å²) in [6.07, 6.45) is 0.425. The first-order valence-corrected chi connectivity index (χ1v) is 4.23. The summed E-state index contributed by atoms with van der Waals surface area (Å²) in [6.45, 7) is 4.10. The van der Waals surface area contributed by atoms with Gasteiger partial charge in [0, 0.05) is 6.92 Å². The summed E-state index contributed by atoms with van der Waals surface area (Å²) >= 11 is 0. The van der Waals surface area contributed by atoms with Gasteiger partial charge in [0.15, 0.2) is 5.41 Å². The molecule has 0 aromatic heterocycles. The molecule has 80 valence electrons. The highest BCUT2D eigenvalue weighted by molar-refractivity contribution is 5.93. The molecule has 14 heavy (non-hydrogen) atoms. The van der Waals surface area contributed by atoms with Gasteiger partial charge in [0.05, 0.1) is 6.61 Å². The van der Waals surface area contributed by atoms with E-state index in [1.54, 1.807) is 6.92 Å². The van der Waals surface area contributed by atoms with Crippen LogP contribution in [0.15, 0.2) is 0 Å². The van der Waals surface area contributed by atoms with E-state index in [1.807, 2.05) is 0 Å². The molecule has 0 radical (unpaired) electrons. The summed E-state index contributed by atoms with van der Waals surface area (Å²) in [7, 11) is 0. The Morgan fingerprint density at radius 1 is 1.36 bits per heavy atom. The molecular weight excluding hydrogens is 188 g/mol. The quantitative estimate of drug-likeness (QED) is 0.364. The van der Waals surface area contributed by atoms with Crippen molar-refractivity contribution in [3.63, 3.8) is 0 Å². The highest BCUT2D eigenvalue weighted by atomic mass is 16.6. The van der Waals surface area contributed by atoms with E-state index in [1.165, 1.54) is 13.8 Å². The number of carbonyl (C=O) groups is 3. The van der Waals surface area contributed by atoms with Gasteiger partial charge in [-0.1, -0.05) is 0 Å². The van der Waals surface area contributed by atoms with Crippen molar-refractivity contribution < 1.29 is 23.9 Å². The van der Waals surface area contributed by atoms with Crippen LogP contribution in [0.2, 0.25) is 0 Å². The van der Waals surface area contributed by atoms with E-state index in [2.05, 4.69) is 9.47 Å². The number of aldehydes is 1. The predicted molar refractivity (Wildman–Crippen MR) is 47.4 cm³/mol. The molecule has 0 N–H and O–H groups in total. The normalized spacial score (nSPS) is 13.9. The van der Waals surface area contributed by atoms with Crippen LogP contribution in [0.4, 0.5) is 0 Å². The monoisotopic (exact) mass is 202 g/mol. The Hall–Kier alpha value is -1.39. The van der Waals surface area contributed by atoms with E-state index in [-0.39, 0.29) is 13.2 Å². The molecule has 0 rings (SSSR count). The number of hydrogen-bond acceptors (Lipinski definition) is 5. The van der Waals surface area contributed by atoms with Crippen LogP contribution in [0, 0.1) is 5.41 Å². The van der Waals surface area contributed by atoms with Gasteiger partial charge in [-0.2, -0.15) is 0 Å². The van der Waals surface area contributed by atoms with Crippen LogP contribution in [-0.2, 0) is 23.9 Å². The maximum absolute atomic E-state index is 11.3. The molecule has 0 aromatic carbocycles. The molecule has 0 aromatic rings. The third kappa shape index (κ3) is 3.55. The smallest absolute Gasteiger partial charge is 0.322 e. The fraction of sp³-hybridized carbons (Fsp3) is 0.667. The van der Waals surface area contributed by atoms with Crippen molar-refractivity contribution in [2.75, 3.05) is 13.2 Å². The Morgan fingerprint density at radius 2 is 1.93 bits per heavy atom. The lowest BCUT2D eigenvalue weighted by molar-refractivity contribution is -0.162. The van der Waals surface area contributed by atoms with Crippen molar-refractivity contribution >= 4 is 18.2 Å². The van der Waals surface area contributed by atoms with Crippen LogP contribution in [0.25, 0.3) is 0 Å². The Labute approximate surface area is 82.4 Å². The van der Waals surface area contributed by atoms with Crippen LogP contribution < -0.4 is 0 Å². The predicted octanol–water partition coefficient (Wildman–Crippen LogP) is 0.318. The maximum Gasteiger partial charge on any atom is 0.322 e. The third-order valence-corrected chi connectivity index (χ3v) is 1.58. The third-order valence-electron chi connectivity index (χ3n) is 1.58. The molecule has 0 aliphatic carbocycles. The van der Waals surface area contributed by atoms with Gasteiger partial charge in [-0.25, -0.2) is 0 Å². The van der Waals surface area contributed by atoms with Crippen LogP contribution >= 0.6 is 0 Å². The van der Waals surface area contributed by atoms with E-state index in [9.17, 15) is 14.4 Å². The molecule has 1 atom stereocenters. The van der Waals surface area contributed by atoms with Crippen molar-refractivity contribution in [2.24, 2.45) is 5.41 Å². The fourth-order valence-electron chi connectivity index (χ4n) is 0.689. The Balaban J connectivity index is 4.38. The summed E-state index contributed by atoms with van der Waals surface area (Å²) in [5, 5.41) is 0. The van der Waals surface area contributed by atoms with Crippen LogP contribution in [-0.4, -0.2) is 31.4 Å². The highest BCUT2D eigenvalue weighted by Crippen LogP contribution is 2.15. The van der Waals surface area contributed by atoms with Crippen molar-refractivity contribution in [1.29, 1.82) is 0 Å². The molecule has 1 unspecified atom stereocenters. The summed E-state index contributed by atoms with van der Waals surface area (Å²) in [4.78, 5) is 32.4. The van der Waals surface area contributed by atoms with Gasteiger partial charge in [0.25, 0.3) is 0 Å². The van der Waals surface area contributed by atoms with E-state index in [4.69, 9.17) is 0 Å². The van der Waals surface area contributed by atoms with E-state index < -0.39 is 17.4 Å². The summed E-state index contributed by atoms with van der Waals surface area (Å²) in [6, 6.07) is 0. The number of carbonyl (C=O) groups excluding carboxylic acids is 3. The van der Waals surface area contributed by atoms with Crippen LogP contribution in [0.3, 0.4) is 0 Å². The molecule has 0 amide bonds. The van der Waals surface area contributed by atoms with E-state index in [0.717, 1.165) is 0 Å². The van der Waals surface area contributed by atoms with E-state index >= 15 is 0 Å². The second kappa shape index (κ2) is 5.36. The van der Waals surface area contributed by atoms with Gasteiger partial charge >= 0.3 is 11.9 Å². The molecule has 0 spiro atoms. The average Bonchev–Trinajstić information content (AvgIpc) is 2.14. The van der Waals surface area contributed by atoms with Gasteiger partial charge in [-0.15, -0.1) is 0 Å². The first kappa shape index (κ1) is 12.6. The fourth-order valence-corrected chi connectivity index (χ4v) is 0.689. The second-order valence-electron chi connectivity index (χ2n) is 3.04. The standard InChI is InChI=1S/C9H14O5/c1-4-13-8(12)9(3,5-10)6-14-7(2)11/h5H,4,6H2,1-3H3. The van der Waals surface area contributed by atoms with Gasteiger partial charge in [0.2, 0.25) is 0 Å². The lowest BCUT2D eigenvalue weighted by Gasteiger charge is -2.19. The van der Waals surface area contributed by atoms with Gasteiger partial charge in [-0.3, -0.25) is 9.59 Å². The minimum absolute atomic E-state index is 0.183. The lowest BCUT2D eigenvalue weighted by atomic mass is 9.94. The zero-order chi connectivity index (χ0) is 11.2. The summed E-state index contributed by atoms with van der Waals surface area (Å²) in [5.74, 6) is -1.22. The Morgan fingerprint density at radius 3 is 2.29 bits per heavy atom. The molecule has 0 aliphatic rings. The molecule has 0 saturated carbocycles. The minimum Gasteiger partial charge on any atom is -0.465 e. The summed E-state index contributed by atoms with van der Waals surface area (Å²) < 4.78 is 9.26. The molecule has 0 fully saturated rings. The molecule has 0 heterocycles. The first-order chi connectivity index (χ1) is 6.46. The SMILES string of the molecule is CCOC(=O)C(C)(C=O)COC(C)=O. The van der Waals surface area contributed by atoms with Crippen molar-refractivity contribution in [2.45, 2.75) is 20.8 Å². The van der Waals surface area contributed by atoms with Crippen molar-refractivity contribution in [3.05, 3.63) is 0 Å². The molecular formula is C9H14O5. The van der Waals surface area contributed by atoms with Crippen molar-refractivity contribution in [1.82, 2.24) is 0 Å². The zero-order valence-corrected chi connectivity index (χ0v) is 8.53. The second-order valence-corrected chi connectivity index (χ2v) is 3.04. The highest BCUT2D eigenvalue weighted by Gasteiger charge is 2.36. The number of rotatable bonds is 5. The summed E-state index contributed by atoms with van der Waals surface area (Å²) in [5.41, 5.74) is -1.40. The number of hydrogen-bond donors (Lipinski definition) is 0. The molecule has 5 heteroatoms. The first-order valence-electron chi connectivity index (χ1n) is 4.23. The Bertz CT molecular complexity index is 235. The minimum atomic E-state index is -1.40. The number of esters is 2. The van der Waals surface area contributed by atoms with E-state index in [0.29, 0.717) is 6.29 Å². The number of ether oxygens (including phenoxy) is 2. The van der Waals surface area contributed by atoms with Gasteiger partial charge < -0.3 is 14.3 Å². The molecule has 0 saturated heterocycles. The van der Waals surface area contributed by atoms with Crippen LogP contribution in [0.1, 0.15) is 20.8 Å². The Kier molecular flexibility index (Phi) is 4.83. The van der Waals surface area contributed by atoms with Gasteiger partial charge in [0.1, 0.15) is 12.9 Å². The molecule has 0 aliphatic heterocycles. The largest absolute Gasteiger partial charge is 0.465 e. The topological polar surface area (TPSA) is 69.7 Å². The maximum atomic E-state index is 11.3. The molecule has 5 nitrogen and oxygen atoms in total. The van der Waals surface area contributed by atoms with Crippen molar-refractivity contribution in [3.8, 4) is 0 Å². The van der Waals surface area contributed by atoms with Gasteiger partial charge in [-0.05, 0) is 13.8 Å². The van der Waals surface area contributed by atoms with Crippen LogP contribution in [0.5, 0.6) is 0 Å². The average molecular weight is 202 g/mol.